The van der Waals surface area contributed by atoms with Crippen molar-refractivity contribution in [2.75, 3.05) is 4.90 Å². The molecule has 1 heteroatoms. The lowest BCUT2D eigenvalue weighted by Gasteiger charge is -2.49. The standard InChI is InChI=1S/C56H43N/c1-55(2)46-25-15-16-26-50(46)57-51-32-31-40(33-47(51)56(3,4)49-35-41(34-48(55)54(49)57)36-17-7-5-8-18-36)37-27-29-39(30-28-37)53-44-23-13-11-21-42(44)52(38-19-9-6-10-20-38)43-22-12-14-24-45(43)53/h5-35H,1-4H3. The highest BCUT2D eigenvalue weighted by Crippen LogP contribution is 2.61. The minimum absolute atomic E-state index is 0.157. The van der Waals surface area contributed by atoms with Crippen LogP contribution in [0.15, 0.2) is 188 Å². The summed E-state index contributed by atoms with van der Waals surface area (Å²) in [5, 5.41) is 5.10. The molecule has 272 valence electrons. The third-order valence-electron chi connectivity index (χ3n) is 13.0. The van der Waals surface area contributed by atoms with E-state index < -0.39 is 0 Å². The van der Waals surface area contributed by atoms with E-state index in [2.05, 4.69) is 221 Å². The van der Waals surface area contributed by atoms with E-state index in [1.54, 1.807) is 0 Å². The number of para-hydroxylation sites is 1. The number of hydrogen-bond donors (Lipinski definition) is 0. The molecule has 0 unspecified atom stereocenters. The Morgan fingerprint density at radius 2 is 0.684 bits per heavy atom. The SMILES string of the molecule is CC1(C)c2ccccc2N2c3ccc(-c4ccc(-c5c6ccccc6c(-c6ccccc6)c6ccccc56)cc4)cc3C(C)(C)c3cc(-c4ccccc4)cc1c32. The first kappa shape index (κ1) is 33.6. The van der Waals surface area contributed by atoms with E-state index in [1.807, 2.05) is 0 Å². The Morgan fingerprint density at radius 1 is 0.298 bits per heavy atom. The van der Waals surface area contributed by atoms with Gasteiger partial charge in [-0.15, -0.1) is 0 Å². The van der Waals surface area contributed by atoms with Gasteiger partial charge in [0.15, 0.2) is 0 Å². The highest BCUT2D eigenvalue weighted by atomic mass is 15.2. The summed E-state index contributed by atoms with van der Waals surface area (Å²) in [7, 11) is 0. The van der Waals surface area contributed by atoms with Gasteiger partial charge in [-0.1, -0.05) is 185 Å². The normalized spacial score (nSPS) is 14.6. The molecule has 11 rings (SSSR count). The maximum atomic E-state index is 2.56. The van der Waals surface area contributed by atoms with Crippen LogP contribution in [0.2, 0.25) is 0 Å². The molecule has 0 fully saturated rings. The Labute approximate surface area is 335 Å². The van der Waals surface area contributed by atoms with E-state index in [4.69, 9.17) is 0 Å². The van der Waals surface area contributed by atoms with Crippen molar-refractivity contribution in [2.24, 2.45) is 0 Å². The molecule has 9 aromatic carbocycles. The van der Waals surface area contributed by atoms with E-state index in [0.29, 0.717) is 0 Å². The minimum atomic E-state index is -0.239. The molecule has 0 spiro atoms. The molecule has 0 atom stereocenters. The van der Waals surface area contributed by atoms with Crippen LogP contribution in [0.4, 0.5) is 17.1 Å². The van der Waals surface area contributed by atoms with Crippen molar-refractivity contribution in [3.05, 3.63) is 210 Å². The lowest BCUT2D eigenvalue weighted by atomic mass is 9.65. The van der Waals surface area contributed by atoms with Gasteiger partial charge in [-0.25, -0.2) is 0 Å². The molecule has 2 heterocycles. The number of anilines is 3. The molecule has 0 radical (unpaired) electrons. The first-order valence-corrected chi connectivity index (χ1v) is 20.2. The molecule has 0 aromatic heterocycles. The van der Waals surface area contributed by atoms with Crippen LogP contribution in [-0.2, 0) is 10.8 Å². The summed E-state index contributed by atoms with van der Waals surface area (Å²) in [5.74, 6) is 0. The predicted molar refractivity (Wildman–Crippen MR) is 242 cm³/mol. The molecule has 0 amide bonds. The van der Waals surface area contributed by atoms with Gasteiger partial charge in [0.1, 0.15) is 0 Å². The van der Waals surface area contributed by atoms with Gasteiger partial charge >= 0.3 is 0 Å². The Morgan fingerprint density at radius 3 is 1.26 bits per heavy atom. The summed E-state index contributed by atoms with van der Waals surface area (Å²) in [6.45, 7) is 9.63. The molecule has 0 saturated heterocycles. The molecule has 0 aliphatic carbocycles. The molecular weight excluding hydrogens is 687 g/mol. The zero-order valence-corrected chi connectivity index (χ0v) is 32.8. The Kier molecular flexibility index (Phi) is 7.32. The quantitative estimate of drug-likeness (QED) is 0.163. The fraction of sp³-hybridized carbons (Fsp3) is 0.107. The number of nitrogens with zero attached hydrogens (tertiary/aromatic N) is 1. The van der Waals surface area contributed by atoms with Gasteiger partial charge in [0.25, 0.3) is 0 Å². The summed E-state index contributed by atoms with van der Waals surface area (Å²) in [4.78, 5) is 2.56. The Balaban J connectivity index is 1.07. The van der Waals surface area contributed by atoms with Crippen LogP contribution in [0, 0.1) is 0 Å². The van der Waals surface area contributed by atoms with Crippen LogP contribution < -0.4 is 4.90 Å². The van der Waals surface area contributed by atoms with Gasteiger partial charge in [0.2, 0.25) is 0 Å². The number of rotatable bonds is 4. The summed E-state index contributed by atoms with van der Waals surface area (Å²) in [6.07, 6.45) is 0. The highest BCUT2D eigenvalue weighted by molar-refractivity contribution is 6.21. The minimum Gasteiger partial charge on any atom is -0.309 e. The van der Waals surface area contributed by atoms with Gasteiger partial charge in [-0.2, -0.15) is 0 Å². The van der Waals surface area contributed by atoms with E-state index in [1.165, 1.54) is 105 Å². The maximum absolute atomic E-state index is 2.56. The van der Waals surface area contributed by atoms with Gasteiger partial charge in [0.05, 0.1) is 17.1 Å². The van der Waals surface area contributed by atoms with E-state index in [-0.39, 0.29) is 10.8 Å². The Bertz CT molecular complexity index is 2990. The third-order valence-corrected chi connectivity index (χ3v) is 13.0. The van der Waals surface area contributed by atoms with Gasteiger partial charge < -0.3 is 4.90 Å². The summed E-state index contributed by atoms with van der Waals surface area (Å²) < 4.78 is 0. The summed E-state index contributed by atoms with van der Waals surface area (Å²) in [5.41, 5.74) is 19.0. The maximum Gasteiger partial charge on any atom is 0.0544 e. The van der Waals surface area contributed by atoms with Crippen LogP contribution in [0.1, 0.15) is 49.9 Å². The van der Waals surface area contributed by atoms with Gasteiger partial charge in [-0.3, -0.25) is 0 Å². The fourth-order valence-electron chi connectivity index (χ4n) is 10.1. The molecule has 0 N–H and O–H groups in total. The third kappa shape index (κ3) is 4.95. The largest absolute Gasteiger partial charge is 0.309 e. The van der Waals surface area contributed by atoms with E-state index in [0.717, 1.165) is 0 Å². The van der Waals surface area contributed by atoms with Crippen molar-refractivity contribution in [1.82, 2.24) is 0 Å². The zero-order valence-electron chi connectivity index (χ0n) is 32.8. The molecule has 0 bridgehead atoms. The first-order chi connectivity index (χ1) is 27.8. The van der Waals surface area contributed by atoms with Crippen molar-refractivity contribution >= 4 is 38.6 Å². The van der Waals surface area contributed by atoms with Gasteiger partial charge in [-0.05, 0) is 119 Å². The average Bonchev–Trinajstić information content (AvgIpc) is 3.26. The predicted octanol–water partition coefficient (Wildman–Crippen LogP) is 15.4. The van der Waals surface area contributed by atoms with Crippen LogP contribution >= 0.6 is 0 Å². The molecule has 2 aliphatic rings. The second-order valence-corrected chi connectivity index (χ2v) is 16.9. The van der Waals surface area contributed by atoms with Crippen LogP contribution in [0.3, 0.4) is 0 Å². The van der Waals surface area contributed by atoms with Crippen LogP contribution in [0.5, 0.6) is 0 Å². The number of hydrogen-bond acceptors (Lipinski definition) is 1. The summed E-state index contributed by atoms with van der Waals surface area (Å²) in [6, 6.07) is 69.9. The second-order valence-electron chi connectivity index (χ2n) is 16.9. The lowest BCUT2D eigenvalue weighted by molar-refractivity contribution is 0.598. The van der Waals surface area contributed by atoms with Crippen molar-refractivity contribution in [2.45, 2.75) is 38.5 Å². The average molecular weight is 730 g/mol. The first-order valence-electron chi connectivity index (χ1n) is 20.2. The summed E-state index contributed by atoms with van der Waals surface area (Å²) >= 11 is 0. The molecule has 57 heavy (non-hydrogen) atoms. The van der Waals surface area contributed by atoms with Crippen molar-refractivity contribution in [3.63, 3.8) is 0 Å². The lowest BCUT2D eigenvalue weighted by Crippen LogP contribution is -2.38. The monoisotopic (exact) mass is 729 g/mol. The van der Waals surface area contributed by atoms with Crippen molar-refractivity contribution in [1.29, 1.82) is 0 Å². The fourth-order valence-corrected chi connectivity index (χ4v) is 10.1. The number of benzene rings is 9. The van der Waals surface area contributed by atoms with E-state index >= 15 is 0 Å². The van der Waals surface area contributed by atoms with Crippen molar-refractivity contribution in [3.8, 4) is 44.5 Å². The van der Waals surface area contributed by atoms with E-state index in [9.17, 15) is 0 Å². The molecule has 1 nitrogen and oxygen atoms in total. The smallest absolute Gasteiger partial charge is 0.0544 e. The highest BCUT2D eigenvalue weighted by Gasteiger charge is 2.45. The topological polar surface area (TPSA) is 3.24 Å². The molecular formula is C56H43N. The van der Waals surface area contributed by atoms with Crippen LogP contribution in [-0.4, -0.2) is 0 Å². The molecule has 9 aromatic rings. The van der Waals surface area contributed by atoms with Gasteiger partial charge in [0, 0.05) is 10.8 Å². The number of fused-ring (bicyclic) bond motifs is 6. The molecule has 2 aliphatic heterocycles. The Hall–Kier alpha value is -6.70. The molecule has 0 saturated carbocycles. The second kappa shape index (κ2) is 12.4. The zero-order chi connectivity index (χ0) is 38.5. The van der Waals surface area contributed by atoms with Crippen LogP contribution in [0.25, 0.3) is 66.1 Å². The van der Waals surface area contributed by atoms with Crippen molar-refractivity contribution < 1.29 is 0 Å².